The second kappa shape index (κ2) is 3.05. The first kappa shape index (κ1) is 9.64. The smallest absolute Gasteiger partial charge is 0.269 e. The third kappa shape index (κ3) is 1.36. The summed E-state index contributed by atoms with van der Waals surface area (Å²) in [7, 11) is 1.78. The van der Waals surface area contributed by atoms with E-state index in [9.17, 15) is 4.79 Å². The van der Waals surface area contributed by atoms with Crippen molar-refractivity contribution in [1.29, 1.82) is 0 Å². The monoisotopic (exact) mass is 204 g/mol. The van der Waals surface area contributed by atoms with E-state index in [-0.39, 0.29) is 5.69 Å². The molecule has 0 fully saturated rings. The number of fused-ring (bicyclic) bond motifs is 1. The first-order valence-corrected chi connectivity index (χ1v) is 4.61. The van der Waals surface area contributed by atoms with Crippen LogP contribution in [0.4, 0.5) is 0 Å². The molecule has 2 N–H and O–H groups in total. The Hall–Kier alpha value is -1.91. The van der Waals surface area contributed by atoms with Gasteiger partial charge in [-0.25, -0.2) is 4.98 Å². The van der Waals surface area contributed by atoms with E-state index in [1.54, 1.807) is 11.7 Å². The van der Waals surface area contributed by atoms with Crippen molar-refractivity contribution in [3.05, 3.63) is 23.1 Å². The summed E-state index contributed by atoms with van der Waals surface area (Å²) in [5.41, 5.74) is 7.92. The Morgan fingerprint density at radius 1 is 1.47 bits per heavy atom. The number of hydrogen-bond acceptors (Lipinski definition) is 3. The summed E-state index contributed by atoms with van der Waals surface area (Å²) in [5.74, 6) is -0.522. The highest BCUT2D eigenvalue weighted by molar-refractivity contribution is 6.03. The average molecular weight is 204 g/mol. The normalized spacial score (nSPS) is 10.9. The Kier molecular flexibility index (Phi) is 1.96. The summed E-state index contributed by atoms with van der Waals surface area (Å²) in [6.45, 7) is 3.73. The van der Waals surface area contributed by atoms with Gasteiger partial charge in [0.2, 0.25) is 0 Å². The van der Waals surface area contributed by atoms with E-state index in [0.717, 1.165) is 16.8 Å². The lowest BCUT2D eigenvalue weighted by molar-refractivity contribution is 0.0996. The third-order valence-corrected chi connectivity index (χ3v) is 2.37. The van der Waals surface area contributed by atoms with Crippen molar-refractivity contribution >= 4 is 16.8 Å². The summed E-state index contributed by atoms with van der Waals surface area (Å²) < 4.78 is 1.64. The summed E-state index contributed by atoms with van der Waals surface area (Å²) in [5, 5.41) is 5.17. The van der Waals surface area contributed by atoms with Crippen molar-refractivity contribution in [3.8, 4) is 0 Å². The van der Waals surface area contributed by atoms with Gasteiger partial charge in [0.15, 0.2) is 5.69 Å². The molecule has 1 amide bonds. The van der Waals surface area contributed by atoms with Gasteiger partial charge in [0.05, 0.1) is 11.2 Å². The van der Waals surface area contributed by atoms with Crippen molar-refractivity contribution in [2.75, 3.05) is 0 Å². The lowest BCUT2D eigenvalue weighted by Gasteiger charge is -2.01. The molecule has 0 atom stereocenters. The number of primary amides is 1. The van der Waals surface area contributed by atoms with Gasteiger partial charge in [0.25, 0.3) is 5.91 Å². The molecule has 0 aliphatic heterocycles. The van der Waals surface area contributed by atoms with Gasteiger partial charge >= 0.3 is 0 Å². The van der Waals surface area contributed by atoms with Gasteiger partial charge < -0.3 is 5.73 Å². The fraction of sp³-hybridized carbons (Fsp3) is 0.300. The summed E-state index contributed by atoms with van der Waals surface area (Å²) in [6, 6.07) is 1.91. The van der Waals surface area contributed by atoms with Crippen molar-refractivity contribution in [3.63, 3.8) is 0 Å². The number of rotatable bonds is 1. The fourth-order valence-corrected chi connectivity index (χ4v) is 1.77. The van der Waals surface area contributed by atoms with Crippen LogP contribution in [0, 0.1) is 13.8 Å². The van der Waals surface area contributed by atoms with E-state index in [1.807, 2.05) is 19.9 Å². The molecule has 2 aromatic heterocycles. The second-order valence-corrected chi connectivity index (χ2v) is 3.58. The van der Waals surface area contributed by atoms with Crippen LogP contribution in [0.15, 0.2) is 6.07 Å². The average Bonchev–Trinajstić information content (AvgIpc) is 2.41. The molecule has 0 aliphatic rings. The molecule has 0 radical (unpaired) electrons. The minimum atomic E-state index is -0.522. The maximum Gasteiger partial charge on any atom is 0.269 e. The van der Waals surface area contributed by atoms with Gasteiger partial charge in [-0.15, -0.1) is 0 Å². The molecule has 2 rings (SSSR count). The van der Waals surface area contributed by atoms with Crippen LogP contribution in [-0.4, -0.2) is 20.7 Å². The van der Waals surface area contributed by atoms with E-state index in [0.29, 0.717) is 5.52 Å². The zero-order chi connectivity index (χ0) is 11.2. The van der Waals surface area contributed by atoms with Crippen LogP contribution in [0.25, 0.3) is 10.9 Å². The minimum Gasteiger partial charge on any atom is -0.364 e. The highest BCUT2D eigenvalue weighted by atomic mass is 16.1. The molecule has 2 heterocycles. The van der Waals surface area contributed by atoms with Crippen LogP contribution < -0.4 is 5.73 Å². The van der Waals surface area contributed by atoms with E-state index in [2.05, 4.69) is 10.1 Å². The first-order chi connectivity index (χ1) is 7.00. The molecule has 0 bridgehead atoms. The molecule has 78 valence electrons. The number of nitrogens with zero attached hydrogens (tertiary/aromatic N) is 3. The second-order valence-electron chi connectivity index (χ2n) is 3.58. The molecule has 0 saturated heterocycles. The number of amides is 1. The Morgan fingerprint density at radius 2 is 2.13 bits per heavy atom. The highest BCUT2D eigenvalue weighted by Gasteiger charge is 2.15. The van der Waals surface area contributed by atoms with Gasteiger partial charge in [-0.05, 0) is 19.9 Å². The van der Waals surface area contributed by atoms with Crippen LogP contribution in [0.2, 0.25) is 0 Å². The van der Waals surface area contributed by atoms with Crippen molar-refractivity contribution < 1.29 is 4.79 Å². The molecule has 5 heteroatoms. The predicted octanol–water partition coefficient (Wildman–Crippen LogP) is 0.684. The SMILES string of the molecule is Cc1cc2c(C)nn(C)c2c(C(N)=O)n1. The molecule has 15 heavy (non-hydrogen) atoms. The minimum absolute atomic E-state index is 0.285. The summed E-state index contributed by atoms with van der Waals surface area (Å²) in [4.78, 5) is 15.4. The van der Waals surface area contributed by atoms with Crippen molar-refractivity contribution in [2.24, 2.45) is 12.8 Å². The molecular weight excluding hydrogens is 192 g/mol. The molecule has 0 aromatic carbocycles. The van der Waals surface area contributed by atoms with Crippen LogP contribution in [0.5, 0.6) is 0 Å². The fourth-order valence-electron chi connectivity index (χ4n) is 1.77. The van der Waals surface area contributed by atoms with E-state index >= 15 is 0 Å². The van der Waals surface area contributed by atoms with E-state index in [4.69, 9.17) is 5.73 Å². The maximum atomic E-state index is 11.2. The topological polar surface area (TPSA) is 73.8 Å². The number of aryl methyl sites for hydroxylation is 3. The van der Waals surface area contributed by atoms with Crippen LogP contribution >= 0.6 is 0 Å². The van der Waals surface area contributed by atoms with Crippen LogP contribution in [0.3, 0.4) is 0 Å². The number of nitrogens with two attached hydrogens (primary N) is 1. The summed E-state index contributed by atoms with van der Waals surface area (Å²) >= 11 is 0. The number of carbonyl (C=O) groups excluding carboxylic acids is 1. The van der Waals surface area contributed by atoms with Crippen LogP contribution in [0.1, 0.15) is 21.9 Å². The Balaban J connectivity index is 2.96. The molecule has 0 unspecified atom stereocenters. The highest BCUT2D eigenvalue weighted by Crippen LogP contribution is 2.20. The number of carbonyl (C=O) groups is 1. The lowest BCUT2D eigenvalue weighted by atomic mass is 10.2. The number of pyridine rings is 1. The largest absolute Gasteiger partial charge is 0.364 e. The lowest BCUT2D eigenvalue weighted by Crippen LogP contribution is -2.15. The zero-order valence-electron chi connectivity index (χ0n) is 8.90. The number of hydrogen-bond donors (Lipinski definition) is 1. The first-order valence-electron chi connectivity index (χ1n) is 4.61. The van der Waals surface area contributed by atoms with Gasteiger partial charge in [-0.1, -0.05) is 0 Å². The van der Waals surface area contributed by atoms with Gasteiger partial charge in [-0.2, -0.15) is 5.10 Å². The molecule has 0 aliphatic carbocycles. The van der Waals surface area contributed by atoms with Gasteiger partial charge in [-0.3, -0.25) is 9.48 Å². The molecule has 2 aromatic rings. The Morgan fingerprint density at radius 3 is 2.73 bits per heavy atom. The molecule has 5 nitrogen and oxygen atoms in total. The standard InChI is InChI=1S/C10H12N4O/c1-5-4-7-6(2)13-14(3)9(7)8(12-5)10(11)15/h4H,1-3H3,(H2,11,15). The Bertz CT molecular complexity index is 556. The van der Waals surface area contributed by atoms with E-state index < -0.39 is 5.91 Å². The predicted molar refractivity (Wildman–Crippen MR) is 56.5 cm³/mol. The van der Waals surface area contributed by atoms with Crippen molar-refractivity contribution in [2.45, 2.75) is 13.8 Å². The summed E-state index contributed by atoms with van der Waals surface area (Å²) in [6.07, 6.45) is 0. The number of aromatic nitrogens is 3. The zero-order valence-corrected chi connectivity index (χ0v) is 8.90. The van der Waals surface area contributed by atoms with Crippen molar-refractivity contribution in [1.82, 2.24) is 14.8 Å². The van der Waals surface area contributed by atoms with Gasteiger partial charge in [0, 0.05) is 18.1 Å². The quantitative estimate of drug-likeness (QED) is 0.742. The molecule has 0 saturated carbocycles. The molecule has 0 spiro atoms. The molecular formula is C10H12N4O. The van der Waals surface area contributed by atoms with Gasteiger partial charge in [0.1, 0.15) is 0 Å². The Labute approximate surface area is 86.9 Å². The van der Waals surface area contributed by atoms with Crippen LogP contribution in [-0.2, 0) is 7.05 Å². The third-order valence-electron chi connectivity index (χ3n) is 2.37. The maximum absolute atomic E-state index is 11.2. The van der Waals surface area contributed by atoms with E-state index in [1.165, 1.54) is 0 Å².